The van der Waals surface area contributed by atoms with Gasteiger partial charge in [0.05, 0.1) is 13.2 Å². The van der Waals surface area contributed by atoms with Gasteiger partial charge in [-0.2, -0.15) is 0 Å². The summed E-state index contributed by atoms with van der Waals surface area (Å²) in [4.78, 5) is 10.7. The molecule has 3 aromatic rings. The maximum absolute atomic E-state index is 10.7. The summed E-state index contributed by atoms with van der Waals surface area (Å²) >= 11 is 0. The van der Waals surface area contributed by atoms with Crippen LogP contribution in [-0.4, -0.2) is 10.9 Å². The molecule has 3 nitrogen and oxygen atoms in total. The van der Waals surface area contributed by atoms with Crippen LogP contribution in [0.25, 0.3) is 16.9 Å². The molecule has 1 aromatic carbocycles. The fraction of sp³-hybridized carbons (Fsp3) is 0.125. The first-order chi connectivity index (χ1) is 9.19. The SMILES string of the molecule is Cc1ccc2n(C)c(-c3ccc(C=O)cc3)c[n+]2c1.[I-]. The predicted molar refractivity (Wildman–Crippen MR) is 74.1 cm³/mol. The average molecular weight is 378 g/mol. The van der Waals surface area contributed by atoms with Gasteiger partial charge in [0.15, 0.2) is 5.69 Å². The fourth-order valence-electron chi connectivity index (χ4n) is 2.35. The van der Waals surface area contributed by atoms with Crippen LogP contribution in [-0.2, 0) is 7.05 Å². The van der Waals surface area contributed by atoms with Gasteiger partial charge in [-0.05, 0) is 30.7 Å². The molecule has 4 heteroatoms. The van der Waals surface area contributed by atoms with Gasteiger partial charge in [-0.15, -0.1) is 0 Å². The van der Waals surface area contributed by atoms with Crippen molar-refractivity contribution in [3.8, 4) is 11.3 Å². The second kappa shape index (κ2) is 5.75. The molecular formula is C16H15IN2O. The molecule has 0 bridgehead atoms. The van der Waals surface area contributed by atoms with Crippen LogP contribution < -0.4 is 28.4 Å². The minimum Gasteiger partial charge on any atom is -1.00 e. The molecule has 0 unspecified atom stereocenters. The number of halogens is 1. The number of aromatic nitrogens is 2. The molecular weight excluding hydrogens is 363 g/mol. The summed E-state index contributed by atoms with van der Waals surface area (Å²) in [5.74, 6) is 0. The quantitative estimate of drug-likeness (QED) is 0.337. The van der Waals surface area contributed by atoms with Crippen LogP contribution in [0, 0.1) is 6.92 Å². The van der Waals surface area contributed by atoms with Crippen molar-refractivity contribution in [3.05, 3.63) is 59.9 Å². The number of carbonyl (C=O) groups excluding carboxylic acids is 1. The first kappa shape index (κ1) is 14.7. The topological polar surface area (TPSA) is 26.1 Å². The third-order valence-electron chi connectivity index (χ3n) is 3.41. The van der Waals surface area contributed by atoms with Gasteiger partial charge in [0.25, 0.3) is 5.65 Å². The number of pyridine rings is 1. The molecule has 0 spiro atoms. The second-order valence-corrected chi connectivity index (χ2v) is 4.79. The Bertz CT molecular complexity index is 760. The van der Waals surface area contributed by atoms with Gasteiger partial charge in [0, 0.05) is 17.2 Å². The number of aryl methyl sites for hydroxylation is 2. The summed E-state index contributed by atoms with van der Waals surface area (Å²) < 4.78 is 4.27. The summed E-state index contributed by atoms with van der Waals surface area (Å²) in [6, 6.07) is 11.9. The highest BCUT2D eigenvalue weighted by Gasteiger charge is 2.15. The second-order valence-electron chi connectivity index (χ2n) is 4.79. The van der Waals surface area contributed by atoms with Gasteiger partial charge in [-0.25, -0.2) is 8.97 Å². The molecule has 0 radical (unpaired) electrons. The van der Waals surface area contributed by atoms with E-state index < -0.39 is 0 Å². The number of hydrogen-bond donors (Lipinski definition) is 0. The van der Waals surface area contributed by atoms with Crippen LogP contribution in [0.4, 0.5) is 0 Å². The molecule has 0 saturated heterocycles. The normalized spacial score (nSPS) is 10.3. The Hall–Kier alpha value is -1.69. The highest BCUT2D eigenvalue weighted by atomic mass is 127. The van der Waals surface area contributed by atoms with Crippen LogP contribution >= 0.6 is 0 Å². The molecule has 0 amide bonds. The van der Waals surface area contributed by atoms with E-state index in [0.29, 0.717) is 5.56 Å². The zero-order valence-electron chi connectivity index (χ0n) is 11.4. The van der Waals surface area contributed by atoms with E-state index in [1.165, 1.54) is 5.56 Å². The van der Waals surface area contributed by atoms with E-state index >= 15 is 0 Å². The largest absolute Gasteiger partial charge is 1.00 e. The number of hydrogen-bond acceptors (Lipinski definition) is 1. The van der Waals surface area contributed by atoms with E-state index in [-0.39, 0.29) is 24.0 Å². The molecule has 0 aliphatic rings. The highest BCUT2D eigenvalue weighted by Crippen LogP contribution is 2.20. The molecule has 20 heavy (non-hydrogen) atoms. The summed E-state index contributed by atoms with van der Waals surface area (Å²) in [6.45, 7) is 2.08. The molecule has 3 rings (SSSR count). The van der Waals surface area contributed by atoms with Crippen LogP contribution in [0.5, 0.6) is 0 Å². The number of rotatable bonds is 2. The Morgan fingerprint density at radius 2 is 1.75 bits per heavy atom. The van der Waals surface area contributed by atoms with Crippen LogP contribution in [0.15, 0.2) is 48.8 Å². The Morgan fingerprint density at radius 3 is 2.40 bits per heavy atom. The lowest BCUT2D eigenvalue weighted by Gasteiger charge is -1.97. The zero-order chi connectivity index (χ0) is 13.4. The fourth-order valence-corrected chi connectivity index (χ4v) is 2.35. The van der Waals surface area contributed by atoms with Crippen molar-refractivity contribution in [2.24, 2.45) is 7.05 Å². The van der Waals surface area contributed by atoms with Gasteiger partial charge >= 0.3 is 0 Å². The molecule has 0 aliphatic heterocycles. The number of fused-ring (bicyclic) bond motifs is 1. The number of carbonyl (C=O) groups is 1. The van der Waals surface area contributed by atoms with Gasteiger partial charge in [-0.1, -0.05) is 12.1 Å². The smallest absolute Gasteiger partial charge is 0.286 e. The summed E-state index contributed by atoms with van der Waals surface area (Å²) in [5, 5.41) is 0. The van der Waals surface area contributed by atoms with Crippen molar-refractivity contribution in [2.75, 3.05) is 0 Å². The standard InChI is InChI=1S/C16H15N2O.HI/c1-12-3-8-16-17(2)15(10-18(16)9-12)14-6-4-13(11-19)5-7-14;/h3-11H,1-2H3;1H/q+1;/p-1. The number of benzene rings is 1. The van der Waals surface area contributed by atoms with Gasteiger partial charge in [0.1, 0.15) is 12.5 Å². The first-order valence-corrected chi connectivity index (χ1v) is 6.22. The van der Waals surface area contributed by atoms with E-state index in [1.807, 2.05) is 31.3 Å². The van der Waals surface area contributed by atoms with Crippen LogP contribution in [0.2, 0.25) is 0 Å². The summed E-state index contributed by atoms with van der Waals surface area (Å²) in [6.07, 6.45) is 5.08. The molecule has 102 valence electrons. The van der Waals surface area contributed by atoms with Crippen molar-refractivity contribution in [1.29, 1.82) is 0 Å². The van der Waals surface area contributed by atoms with Crippen molar-refractivity contribution in [3.63, 3.8) is 0 Å². The van der Waals surface area contributed by atoms with Gasteiger partial charge in [0.2, 0.25) is 0 Å². The third-order valence-corrected chi connectivity index (χ3v) is 3.41. The Balaban J connectivity index is 0.00000147. The lowest BCUT2D eigenvalue weighted by atomic mass is 10.1. The minimum absolute atomic E-state index is 0. The van der Waals surface area contributed by atoms with Crippen molar-refractivity contribution in [1.82, 2.24) is 4.57 Å². The first-order valence-electron chi connectivity index (χ1n) is 6.22. The Kier molecular flexibility index (Phi) is 4.23. The zero-order valence-corrected chi connectivity index (χ0v) is 13.5. The van der Waals surface area contributed by atoms with Crippen LogP contribution in [0.3, 0.4) is 0 Å². The van der Waals surface area contributed by atoms with Gasteiger partial charge in [-0.3, -0.25) is 4.79 Å². The number of nitrogens with zero attached hydrogens (tertiary/aromatic N) is 2. The van der Waals surface area contributed by atoms with Crippen molar-refractivity contribution in [2.45, 2.75) is 6.92 Å². The van der Waals surface area contributed by atoms with Gasteiger partial charge < -0.3 is 24.0 Å². The van der Waals surface area contributed by atoms with E-state index in [9.17, 15) is 4.79 Å². The predicted octanol–water partition coefficient (Wildman–Crippen LogP) is -0.444. The van der Waals surface area contributed by atoms with E-state index in [1.54, 1.807) is 0 Å². The lowest BCUT2D eigenvalue weighted by molar-refractivity contribution is -0.510. The molecule has 2 heterocycles. The molecule has 0 fully saturated rings. The van der Waals surface area contributed by atoms with Crippen molar-refractivity contribution >= 4 is 11.9 Å². The minimum atomic E-state index is 0. The Labute approximate surface area is 134 Å². The highest BCUT2D eigenvalue weighted by molar-refractivity contribution is 5.76. The van der Waals surface area contributed by atoms with E-state index in [4.69, 9.17) is 0 Å². The Morgan fingerprint density at radius 1 is 1.05 bits per heavy atom. The molecule has 0 aliphatic carbocycles. The molecule has 0 N–H and O–H groups in total. The molecule has 0 atom stereocenters. The van der Waals surface area contributed by atoms with E-state index in [0.717, 1.165) is 23.2 Å². The third kappa shape index (κ3) is 2.47. The van der Waals surface area contributed by atoms with Crippen molar-refractivity contribution < 1.29 is 33.2 Å². The average Bonchev–Trinajstić information content (AvgIpc) is 2.75. The number of imidazole rings is 1. The summed E-state index contributed by atoms with van der Waals surface area (Å²) in [7, 11) is 2.05. The summed E-state index contributed by atoms with van der Waals surface area (Å²) in [5.41, 5.74) is 5.30. The van der Waals surface area contributed by atoms with E-state index in [2.05, 4.69) is 40.4 Å². The number of aldehydes is 1. The molecule has 0 saturated carbocycles. The lowest BCUT2D eigenvalue weighted by Crippen LogP contribution is -3.00. The van der Waals surface area contributed by atoms with Crippen LogP contribution in [0.1, 0.15) is 15.9 Å². The maximum atomic E-state index is 10.7. The molecule has 2 aromatic heterocycles. The maximum Gasteiger partial charge on any atom is 0.286 e. The monoisotopic (exact) mass is 378 g/mol.